The van der Waals surface area contributed by atoms with E-state index in [1.807, 2.05) is 18.7 Å². The Labute approximate surface area is 98.8 Å². The third-order valence-electron chi connectivity index (χ3n) is 3.33. The first kappa shape index (κ1) is 10.1. The van der Waals surface area contributed by atoms with Gasteiger partial charge in [-0.2, -0.15) is 0 Å². The summed E-state index contributed by atoms with van der Waals surface area (Å²) in [4.78, 5) is 18.1. The summed E-state index contributed by atoms with van der Waals surface area (Å²) >= 11 is 0. The number of nitrogens with zero attached hydrogens (tertiary/aromatic N) is 2. The van der Waals surface area contributed by atoms with Crippen LogP contribution in [-0.4, -0.2) is 27.4 Å². The Balaban J connectivity index is 2.10. The molecule has 3 rings (SSSR count). The zero-order chi connectivity index (χ0) is 12.2. The van der Waals surface area contributed by atoms with E-state index in [0.717, 1.165) is 11.3 Å². The molecule has 88 valence electrons. The molecule has 0 aliphatic carbocycles. The summed E-state index contributed by atoms with van der Waals surface area (Å²) in [5.74, 6) is 0.769. The number of phenols is 1. The van der Waals surface area contributed by atoms with Crippen LogP contribution in [0.4, 0.5) is 5.69 Å². The molecule has 0 bridgehead atoms. The lowest BCUT2D eigenvalue weighted by Crippen LogP contribution is -2.44. The Morgan fingerprint density at radius 1 is 1.47 bits per heavy atom. The molecule has 2 heterocycles. The second-order valence-electron chi connectivity index (χ2n) is 4.85. The molecule has 0 saturated carbocycles. The van der Waals surface area contributed by atoms with Crippen molar-refractivity contribution in [1.29, 1.82) is 0 Å². The van der Waals surface area contributed by atoms with Gasteiger partial charge >= 0.3 is 0 Å². The summed E-state index contributed by atoms with van der Waals surface area (Å²) in [6.07, 6.45) is 0. The summed E-state index contributed by atoms with van der Waals surface area (Å²) in [5, 5.41) is 12.2. The van der Waals surface area contributed by atoms with Crippen molar-refractivity contribution in [2.45, 2.75) is 25.9 Å². The normalized spacial score (nSPS) is 20.5. The maximum atomic E-state index is 11.8. The minimum absolute atomic E-state index is 0.0479. The minimum Gasteiger partial charge on any atom is -0.508 e. The zero-order valence-corrected chi connectivity index (χ0v) is 9.69. The number of carbonyl (C=O) groups is 1. The van der Waals surface area contributed by atoms with Crippen LogP contribution in [-0.2, 0) is 11.3 Å². The second kappa shape index (κ2) is 3.00. The van der Waals surface area contributed by atoms with E-state index < -0.39 is 5.54 Å². The van der Waals surface area contributed by atoms with Gasteiger partial charge in [0.15, 0.2) is 0 Å². The van der Waals surface area contributed by atoms with Crippen LogP contribution in [0.25, 0.3) is 0 Å². The van der Waals surface area contributed by atoms with Crippen LogP contribution in [0, 0.1) is 0 Å². The van der Waals surface area contributed by atoms with Gasteiger partial charge in [0.1, 0.15) is 11.3 Å². The number of hydrogen-bond acceptors (Lipinski definition) is 4. The van der Waals surface area contributed by atoms with E-state index in [1.54, 1.807) is 18.2 Å². The molecular weight excluding hydrogens is 218 g/mol. The number of nitrogens with one attached hydrogen (secondary N) is 1. The van der Waals surface area contributed by atoms with Gasteiger partial charge in [-0.3, -0.25) is 10.1 Å². The van der Waals surface area contributed by atoms with Crippen molar-refractivity contribution < 1.29 is 9.90 Å². The summed E-state index contributed by atoms with van der Waals surface area (Å²) in [6, 6.07) is 5.04. The van der Waals surface area contributed by atoms with E-state index in [4.69, 9.17) is 0 Å². The molecule has 1 saturated heterocycles. The van der Waals surface area contributed by atoms with E-state index in [1.165, 1.54) is 0 Å². The summed E-state index contributed by atoms with van der Waals surface area (Å²) in [5.41, 5.74) is 1.13. The highest BCUT2D eigenvalue weighted by molar-refractivity contribution is 6.09. The highest BCUT2D eigenvalue weighted by atomic mass is 16.3. The van der Waals surface area contributed by atoms with Crippen LogP contribution in [0.15, 0.2) is 23.2 Å². The Hall–Kier alpha value is -2.04. The molecule has 17 heavy (non-hydrogen) atoms. The number of amides is 1. The number of aromatic hydroxyl groups is 1. The lowest BCUT2D eigenvalue weighted by atomic mass is 10.0. The Morgan fingerprint density at radius 2 is 2.24 bits per heavy atom. The van der Waals surface area contributed by atoms with E-state index >= 15 is 0 Å². The number of hydrogen-bond donors (Lipinski definition) is 2. The van der Waals surface area contributed by atoms with Gasteiger partial charge in [0.05, 0.1) is 5.69 Å². The van der Waals surface area contributed by atoms with E-state index in [-0.39, 0.29) is 11.7 Å². The van der Waals surface area contributed by atoms with Crippen molar-refractivity contribution >= 4 is 17.6 Å². The van der Waals surface area contributed by atoms with Gasteiger partial charge in [0, 0.05) is 12.1 Å². The van der Waals surface area contributed by atoms with Crippen molar-refractivity contribution in [3.8, 4) is 5.75 Å². The SMILES string of the molecule is CC1(C)C(=O)NC2=Nc3ccc(O)cc3CN21. The number of fused-ring (bicyclic) bond motifs is 2. The quantitative estimate of drug-likeness (QED) is 0.702. The molecule has 1 aromatic carbocycles. The van der Waals surface area contributed by atoms with Crippen LogP contribution in [0.5, 0.6) is 5.75 Å². The van der Waals surface area contributed by atoms with E-state index in [9.17, 15) is 9.90 Å². The van der Waals surface area contributed by atoms with Crippen LogP contribution >= 0.6 is 0 Å². The van der Waals surface area contributed by atoms with Gasteiger partial charge in [-0.05, 0) is 32.0 Å². The van der Waals surface area contributed by atoms with Crippen molar-refractivity contribution in [3.05, 3.63) is 23.8 Å². The van der Waals surface area contributed by atoms with Crippen molar-refractivity contribution in [3.63, 3.8) is 0 Å². The number of aliphatic imine (C=N–C) groups is 1. The van der Waals surface area contributed by atoms with Gasteiger partial charge in [-0.25, -0.2) is 4.99 Å². The largest absolute Gasteiger partial charge is 0.508 e. The predicted octanol–water partition coefficient (Wildman–Crippen LogP) is 1.10. The van der Waals surface area contributed by atoms with E-state index in [0.29, 0.717) is 12.5 Å². The summed E-state index contributed by atoms with van der Waals surface area (Å²) in [6.45, 7) is 4.30. The lowest BCUT2D eigenvalue weighted by Gasteiger charge is -2.32. The Kier molecular flexibility index (Phi) is 1.79. The first-order valence-corrected chi connectivity index (χ1v) is 5.48. The molecule has 2 aliphatic rings. The fourth-order valence-electron chi connectivity index (χ4n) is 2.16. The van der Waals surface area contributed by atoms with Gasteiger partial charge < -0.3 is 10.0 Å². The maximum absolute atomic E-state index is 11.8. The number of guanidine groups is 1. The van der Waals surface area contributed by atoms with E-state index in [2.05, 4.69) is 10.3 Å². The molecule has 2 N–H and O–H groups in total. The predicted molar refractivity (Wildman–Crippen MR) is 63.0 cm³/mol. The number of phenolic OH excluding ortho intramolecular Hbond substituents is 1. The zero-order valence-electron chi connectivity index (χ0n) is 9.69. The van der Waals surface area contributed by atoms with Crippen LogP contribution in [0.1, 0.15) is 19.4 Å². The average Bonchev–Trinajstić information content (AvgIpc) is 2.48. The fourth-order valence-corrected chi connectivity index (χ4v) is 2.16. The number of carbonyl (C=O) groups excluding carboxylic acids is 1. The van der Waals surface area contributed by atoms with Crippen molar-refractivity contribution in [2.75, 3.05) is 0 Å². The summed E-state index contributed by atoms with van der Waals surface area (Å²) < 4.78 is 0. The first-order chi connectivity index (χ1) is 7.98. The highest BCUT2D eigenvalue weighted by Gasteiger charge is 2.45. The maximum Gasteiger partial charge on any atom is 0.252 e. The van der Waals surface area contributed by atoms with Gasteiger partial charge in [0.25, 0.3) is 5.91 Å². The third kappa shape index (κ3) is 1.32. The third-order valence-corrected chi connectivity index (χ3v) is 3.33. The standard InChI is InChI=1S/C12H13N3O2/c1-12(2)10(17)14-11-13-9-4-3-8(16)5-7(9)6-15(11)12/h3-5,16H,6H2,1-2H3,(H,13,14,17). The first-order valence-electron chi connectivity index (χ1n) is 5.48. The van der Waals surface area contributed by atoms with Crippen LogP contribution in [0.3, 0.4) is 0 Å². The van der Waals surface area contributed by atoms with Crippen molar-refractivity contribution in [2.24, 2.45) is 4.99 Å². The number of benzene rings is 1. The minimum atomic E-state index is -0.595. The Bertz CT molecular complexity index is 549. The van der Waals surface area contributed by atoms with Gasteiger partial charge in [-0.15, -0.1) is 0 Å². The monoisotopic (exact) mass is 231 g/mol. The molecule has 0 radical (unpaired) electrons. The average molecular weight is 231 g/mol. The van der Waals surface area contributed by atoms with Crippen LogP contribution < -0.4 is 5.32 Å². The fraction of sp³-hybridized carbons (Fsp3) is 0.333. The lowest BCUT2D eigenvalue weighted by molar-refractivity contribution is -0.125. The molecule has 0 spiro atoms. The smallest absolute Gasteiger partial charge is 0.252 e. The second-order valence-corrected chi connectivity index (χ2v) is 4.85. The molecule has 1 aromatic rings. The topological polar surface area (TPSA) is 64.9 Å². The van der Waals surface area contributed by atoms with Gasteiger partial charge in [0.2, 0.25) is 5.96 Å². The van der Waals surface area contributed by atoms with Gasteiger partial charge in [-0.1, -0.05) is 0 Å². The molecule has 1 fully saturated rings. The summed E-state index contributed by atoms with van der Waals surface area (Å²) in [7, 11) is 0. The molecule has 0 unspecified atom stereocenters. The Morgan fingerprint density at radius 3 is 3.00 bits per heavy atom. The molecule has 2 aliphatic heterocycles. The highest BCUT2D eigenvalue weighted by Crippen LogP contribution is 2.34. The molecule has 0 atom stereocenters. The molecule has 5 heteroatoms. The molecular formula is C12H13N3O2. The number of rotatable bonds is 0. The molecule has 1 amide bonds. The van der Waals surface area contributed by atoms with Crippen molar-refractivity contribution in [1.82, 2.24) is 10.2 Å². The molecule has 0 aromatic heterocycles. The molecule has 5 nitrogen and oxygen atoms in total. The van der Waals surface area contributed by atoms with Crippen LogP contribution in [0.2, 0.25) is 0 Å².